The maximum Gasteiger partial charge on any atom is 0.320 e. The number of aliphatic carboxylic acids is 1. The van der Waals surface area contributed by atoms with Crippen molar-refractivity contribution in [2.45, 2.75) is 50.7 Å². The summed E-state index contributed by atoms with van der Waals surface area (Å²) in [7, 11) is 0. The van der Waals surface area contributed by atoms with E-state index in [0.29, 0.717) is 36.0 Å². The third-order valence-corrected chi connectivity index (χ3v) is 5.03. The summed E-state index contributed by atoms with van der Waals surface area (Å²) in [5.41, 5.74) is 0. The van der Waals surface area contributed by atoms with Crippen molar-refractivity contribution < 1.29 is 18.8 Å². The number of nitrogens with zero attached hydrogens (tertiary/aromatic N) is 3. The molecule has 1 N–H and O–H groups in total. The van der Waals surface area contributed by atoms with Gasteiger partial charge >= 0.3 is 5.97 Å². The van der Waals surface area contributed by atoms with Gasteiger partial charge in [0.15, 0.2) is 5.76 Å². The Morgan fingerprint density at radius 2 is 2.21 bits per heavy atom. The van der Waals surface area contributed by atoms with Gasteiger partial charge in [-0.05, 0) is 37.3 Å². The predicted octanol–water partition coefficient (Wildman–Crippen LogP) is 2.97. The quantitative estimate of drug-likeness (QED) is 0.903. The molecule has 2 fully saturated rings. The fourth-order valence-corrected chi connectivity index (χ4v) is 4.00. The van der Waals surface area contributed by atoms with Crippen LogP contribution >= 0.6 is 12.4 Å². The molecule has 24 heavy (non-hydrogen) atoms. The Morgan fingerprint density at radius 3 is 2.96 bits per heavy atom. The van der Waals surface area contributed by atoms with E-state index in [1.165, 1.54) is 6.42 Å². The Balaban J connectivity index is 0.00000169. The number of rotatable bonds is 4. The summed E-state index contributed by atoms with van der Waals surface area (Å²) in [5.74, 6) is 1.10. The second-order valence-corrected chi connectivity index (χ2v) is 6.36. The molecule has 2 aliphatic rings. The minimum atomic E-state index is -0.759. The number of carboxylic acid groups (broad SMARTS) is 1. The molecule has 1 saturated heterocycles. The van der Waals surface area contributed by atoms with Gasteiger partial charge < -0.3 is 14.0 Å². The Bertz CT molecular complexity index is 687. The average Bonchev–Trinajstić information content (AvgIpc) is 3.26. The van der Waals surface area contributed by atoms with Crippen LogP contribution in [0.1, 0.15) is 38.0 Å². The molecule has 130 valence electrons. The van der Waals surface area contributed by atoms with E-state index in [1.807, 2.05) is 4.90 Å². The van der Waals surface area contributed by atoms with E-state index in [4.69, 9.17) is 8.94 Å². The summed E-state index contributed by atoms with van der Waals surface area (Å²) >= 11 is 0. The number of carboxylic acids is 1. The highest BCUT2D eigenvalue weighted by Crippen LogP contribution is 2.40. The van der Waals surface area contributed by atoms with Gasteiger partial charge in [-0.3, -0.25) is 9.69 Å². The van der Waals surface area contributed by atoms with Gasteiger partial charge in [0, 0.05) is 6.04 Å². The smallest absolute Gasteiger partial charge is 0.320 e. The maximum absolute atomic E-state index is 11.6. The van der Waals surface area contributed by atoms with Crippen molar-refractivity contribution in [2.75, 3.05) is 0 Å². The van der Waals surface area contributed by atoms with Crippen LogP contribution in [-0.2, 0) is 11.3 Å². The number of carbonyl (C=O) groups is 1. The van der Waals surface area contributed by atoms with Gasteiger partial charge in [-0.25, -0.2) is 0 Å². The van der Waals surface area contributed by atoms with Gasteiger partial charge in [0.25, 0.3) is 0 Å². The van der Waals surface area contributed by atoms with Crippen LogP contribution in [0.5, 0.6) is 0 Å². The predicted molar refractivity (Wildman–Crippen MR) is 86.6 cm³/mol. The van der Waals surface area contributed by atoms with E-state index >= 15 is 0 Å². The van der Waals surface area contributed by atoms with Crippen LogP contribution in [0.4, 0.5) is 0 Å². The molecule has 1 aliphatic carbocycles. The summed E-state index contributed by atoms with van der Waals surface area (Å²) in [6, 6.07) is 3.38. The van der Waals surface area contributed by atoms with Crippen LogP contribution in [0.3, 0.4) is 0 Å². The van der Waals surface area contributed by atoms with E-state index in [-0.39, 0.29) is 12.4 Å². The molecule has 0 radical (unpaired) electrons. The minimum absolute atomic E-state index is 0. The molecule has 3 atom stereocenters. The third-order valence-electron chi connectivity index (χ3n) is 5.03. The lowest BCUT2D eigenvalue weighted by Gasteiger charge is -2.31. The second-order valence-electron chi connectivity index (χ2n) is 6.36. The first-order chi connectivity index (χ1) is 11.2. The number of fused-ring (bicyclic) bond motifs is 1. The van der Waals surface area contributed by atoms with Crippen molar-refractivity contribution in [3.63, 3.8) is 0 Å². The van der Waals surface area contributed by atoms with Gasteiger partial charge in [0.2, 0.25) is 11.7 Å². The lowest BCUT2D eigenvalue weighted by Crippen LogP contribution is -2.41. The Hall–Kier alpha value is -1.86. The van der Waals surface area contributed by atoms with Crippen molar-refractivity contribution in [1.29, 1.82) is 0 Å². The summed E-state index contributed by atoms with van der Waals surface area (Å²) < 4.78 is 10.6. The normalized spacial score (nSPS) is 26.8. The van der Waals surface area contributed by atoms with Gasteiger partial charge in [0.1, 0.15) is 6.04 Å². The first-order valence-corrected chi connectivity index (χ1v) is 8.07. The highest BCUT2D eigenvalue weighted by molar-refractivity contribution is 5.85. The molecule has 3 heterocycles. The highest BCUT2D eigenvalue weighted by Gasteiger charge is 2.45. The molecule has 7 nitrogen and oxygen atoms in total. The molecule has 0 spiro atoms. The van der Waals surface area contributed by atoms with Crippen molar-refractivity contribution in [3.8, 4) is 11.6 Å². The van der Waals surface area contributed by atoms with Gasteiger partial charge in [0.05, 0.1) is 12.8 Å². The van der Waals surface area contributed by atoms with Crippen molar-refractivity contribution in [3.05, 3.63) is 24.3 Å². The number of aromatic nitrogens is 2. The lowest BCUT2D eigenvalue weighted by atomic mass is 9.85. The molecule has 8 heteroatoms. The zero-order valence-corrected chi connectivity index (χ0v) is 13.9. The minimum Gasteiger partial charge on any atom is -0.480 e. The fraction of sp³-hybridized carbons (Fsp3) is 0.562. The summed E-state index contributed by atoms with van der Waals surface area (Å²) in [6.07, 6.45) is 6.80. The number of hydrogen-bond acceptors (Lipinski definition) is 6. The molecule has 0 bridgehead atoms. The number of halogens is 1. The van der Waals surface area contributed by atoms with Crippen LogP contribution in [0.15, 0.2) is 27.3 Å². The van der Waals surface area contributed by atoms with E-state index < -0.39 is 12.0 Å². The summed E-state index contributed by atoms with van der Waals surface area (Å²) in [4.78, 5) is 18.0. The standard InChI is InChI=1S/C16H19N3O4.ClH/c20-16(21)12-8-10-4-1-2-5-11(10)19(12)9-14-17-15(18-23-14)13-6-3-7-22-13;/h3,6-7,10-12H,1-2,4-5,8-9H2,(H,20,21);1H. The van der Waals surface area contributed by atoms with Crippen molar-refractivity contribution >= 4 is 18.4 Å². The first kappa shape index (κ1) is 17.0. The SMILES string of the molecule is Cl.O=C(O)C1CC2CCCCC2N1Cc1nc(-c2ccco2)no1. The van der Waals surface area contributed by atoms with E-state index in [2.05, 4.69) is 10.1 Å². The third kappa shape index (κ3) is 3.06. The molecule has 1 saturated carbocycles. The molecule has 0 aromatic carbocycles. The molecule has 4 rings (SSSR count). The zero-order chi connectivity index (χ0) is 15.8. The maximum atomic E-state index is 11.6. The fourth-order valence-electron chi connectivity index (χ4n) is 4.00. The Kier molecular flexibility index (Phi) is 4.91. The van der Waals surface area contributed by atoms with E-state index in [1.54, 1.807) is 18.4 Å². The Morgan fingerprint density at radius 1 is 1.38 bits per heavy atom. The Labute approximate surface area is 145 Å². The van der Waals surface area contributed by atoms with Crippen LogP contribution in [0.25, 0.3) is 11.6 Å². The molecule has 3 unspecified atom stereocenters. The van der Waals surface area contributed by atoms with E-state index in [9.17, 15) is 9.90 Å². The molecule has 1 aliphatic heterocycles. The van der Waals surface area contributed by atoms with Crippen molar-refractivity contribution in [2.24, 2.45) is 5.92 Å². The number of likely N-dealkylation sites (tertiary alicyclic amines) is 1. The van der Waals surface area contributed by atoms with Crippen LogP contribution < -0.4 is 0 Å². The summed E-state index contributed by atoms with van der Waals surface area (Å²) in [5, 5.41) is 13.5. The van der Waals surface area contributed by atoms with Crippen LogP contribution in [0.2, 0.25) is 0 Å². The van der Waals surface area contributed by atoms with E-state index in [0.717, 1.165) is 25.7 Å². The second kappa shape index (κ2) is 6.94. The van der Waals surface area contributed by atoms with Gasteiger partial charge in [-0.1, -0.05) is 18.0 Å². The molecular formula is C16H20ClN3O4. The lowest BCUT2D eigenvalue weighted by molar-refractivity contribution is -0.143. The van der Waals surface area contributed by atoms with Gasteiger partial charge in [-0.15, -0.1) is 12.4 Å². The van der Waals surface area contributed by atoms with Crippen LogP contribution in [0, 0.1) is 5.92 Å². The van der Waals surface area contributed by atoms with Crippen LogP contribution in [-0.4, -0.2) is 38.2 Å². The van der Waals surface area contributed by atoms with Gasteiger partial charge in [-0.2, -0.15) is 4.98 Å². The largest absolute Gasteiger partial charge is 0.480 e. The first-order valence-electron chi connectivity index (χ1n) is 8.07. The number of hydrogen-bond donors (Lipinski definition) is 1. The zero-order valence-electron chi connectivity index (χ0n) is 13.1. The van der Waals surface area contributed by atoms with Crippen molar-refractivity contribution in [1.82, 2.24) is 15.0 Å². The number of furan rings is 1. The summed E-state index contributed by atoms with van der Waals surface area (Å²) in [6.45, 7) is 0.381. The highest BCUT2D eigenvalue weighted by atomic mass is 35.5. The molecule has 0 amide bonds. The monoisotopic (exact) mass is 353 g/mol. The average molecular weight is 354 g/mol. The molecule has 2 aromatic rings. The topological polar surface area (TPSA) is 92.6 Å². The molecular weight excluding hydrogens is 334 g/mol. The molecule has 2 aromatic heterocycles.